The smallest absolute Gasteiger partial charge is 0.854 e. The molecule has 7 nitrogen and oxygen atoms in total. The minimum absolute atomic E-state index is 0. The van der Waals surface area contributed by atoms with Gasteiger partial charge in [-0.3, -0.25) is 0 Å². The molecule has 0 atom stereocenters. The Morgan fingerprint density at radius 2 is 0.500 bits per heavy atom. The van der Waals surface area contributed by atoms with Gasteiger partial charge in [-0.2, -0.15) is 0 Å². The summed E-state index contributed by atoms with van der Waals surface area (Å²) in [6.07, 6.45) is 0. The Hall–Kier alpha value is 4.36. The van der Waals surface area contributed by atoms with E-state index in [1.54, 1.807) is 0 Å². The fraction of sp³-hybridized carbons (Fsp3) is 0. The van der Waals surface area contributed by atoms with Crippen LogP contribution in [0.25, 0.3) is 0 Å². The molecule has 0 amide bonds. The van der Waals surface area contributed by atoms with Crippen LogP contribution in [-0.2, 0) is 0 Å². The maximum Gasteiger partial charge on any atom is 2.00 e. The fourth-order valence-electron chi connectivity index (χ4n) is 0. The van der Waals surface area contributed by atoms with Crippen LogP contribution >= 0.6 is 17.2 Å². The monoisotopic (exact) mass is 296 g/mol. The molecular formula is H2Ca3O7P2. The van der Waals surface area contributed by atoms with Gasteiger partial charge in [-0.25, -0.2) is 0 Å². The molecule has 0 aliphatic carbocycles. The summed E-state index contributed by atoms with van der Waals surface area (Å²) in [5, 5.41) is 0. The third kappa shape index (κ3) is 135. The first-order valence-corrected chi connectivity index (χ1v) is 3.29. The molecule has 2 N–H and O–H groups in total. The second-order valence-electron chi connectivity index (χ2n) is 0.447. The zero-order chi connectivity index (χ0) is 7.15. The molecule has 0 aromatic heterocycles. The molecule has 0 spiro atoms. The first-order chi connectivity index (χ1) is 3.46. The summed E-state index contributed by atoms with van der Waals surface area (Å²) >= 11 is 0. The summed E-state index contributed by atoms with van der Waals surface area (Å²) in [6, 6.07) is 0. The summed E-state index contributed by atoms with van der Waals surface area (Å²) in [6.45, 7) is 0. The zero-order valence-corrected chi connectivity index (χ0v) is 14.4. The van der Waals surface area contributed by atoms with Crippen molar-refractivity contribution in [3.8, 4) is 0 Å². The van der Waals surface area contributed by atoms with Crippen LogP contribution in [0.2, 0.25) is 0 Å². The van der Waals surface area contributed by atoms with Gasteiger partial charge in [0.25, 0.3) is 0 Å². The van der Waals surface area contributed by atoms with E-state index in [-0.39, 0.29) is 119 Å². The van der Waals surface area contributed by atoms with E-state index in [0.717, 1.165) is 0 Å². The number of hydrogen-bond acceptors (Lipinski definition) is 6. The van der Waals surface area contributed by atoms with Gasteiger partial charge in [0.1, 0.15) is 0 Å². The van der Waals surface area contributed by atoms with Gasteiger partial charge >= 0.3 is 113 Å². The molecule has 12 heteroatoms. The van der Waals surface area contributed by atoms with Gasteiger partial charge in [0.2, 0.25) is 0 Å². The Bertz CT molecular complexity index is 32.1. The summed E-state index contributed by atoms with van der Waals surface area (Å²) in [5.41, 5.74) is 0. The fourth-order valence-corrected chi connectivity index (χ4v) is 0. The van der Waals surface area contributed by atoms with Gasteiger partial charge in [0.15, 0.2) is 0 Å². The molecule has 0 aromatic carbocycles. The van der Waals surface area contributed by atoms with Crippen LogP contribution in [0.3, 0.4) is 0 Å². The summed E-state index contributed by atoms with van der Waals surface area (Å²) in [7, 11) is -6.74. The van der Waals surface area contributed by atoms with Crippen molar-refractivity contribution in [3.63, 3.8) is 0 Å². The normalized spacial score (nSPS) is 6.00. The Morgan fingerprint density at radius 3 is 0.500 bits per heavy atom. The predicted molar refractivity (Wildman–Crippen MR) is 34.7 cm³/mol. The summed E-state index contributed by atoms with van der Waals surface area (Å²) < 4.78 is 0. The second kappa shape index (κ2) is 29.5. The van der Waals surface area contributed by atoms with E-state index in [9.17, 15) is 0 Å². The maximum atomic E-state index is 8.48. The quantitative estimate of drug-likeness (QED) is 0.317. The third-order valence-electron chi connectivity index (χ3n) is 0. The van der Waals surface area contributed by atoms with Crippen LogP contribution in [0.5, 0.6) is 0 Å². The molecule has 0 aliphatic heterocycles. The van der Waals surface area contributed by atoms with Gasteiger partial charge in [-0.15, -0.1) is 0 Å². The zero-order valence-electron chi connectivity index (χ0n) is 5.97. The molecule has 0 heterocycles. The van der Waals surface area contributed by atoms with Gasteiger partial charge in [0, 0.05) is 0 Å². The maximum absolute atomic E-state index is 8.48. The first-order valence-electron chi connectivity index (χ1n) is 1.10. The van der Waals surface area contributed by atoms with E-state index in [0.29, 0.717) is 0 Å². The van der Waals surface area contributed by atoms with Crippen molar-refractivity contribution >= 4 is 130 Å². The Kier molecular flexibility index (Phi) is 88.4. The summed E-state index contributed by atoms with van der Waals surface area (Å²) in [5.74, 6) is 0. The van der Waals surface area contributed by atoms with Crippen LogP contribution in [0.1, 0.15) is 0 Å². The number of hydrogen-bond donors (Lipinski definition) is 0. The molecule has 60 valence electrons. The van der Waals surface area contributed by atoms with Crippen LogP contribution in [0.4, 0.5) is 0 Å². The van der Waals surface area contributed by atoms with Crippen molar-refractivity contribution in [3.05, 3.63) is 0 Å². The van der Waals surface area contributed by atoms with E-state index < -0.39 is 17.2 Å². The van der Waals surface area contributed by atoms with Crippen LogP contribution in [0, 0.1) is 0 Å². The molecule has 0 bridgehead atoms. The molecule has 0 aliphatic rings. The van der Waals surface area contributed by atoms with E-state index in [1.807, 2.05) is 0 Å². The van der Waals surface area contributed by atoms with Crippen molar-refractivity contribution in [1.29, 1.82) is 0 Å². The standard InChI is InChI=1S/3Ca.2O3P.H2O/c;;;2*1-4(2)3;/h;;;;;1H2/q3*+2;2*-3;. The topological polar surface area (TPSA) is 170 Å². The van der Waals surface area contributed by atoms with Gasteiger partial charge < -0.3 is 52.0 Å². The molecule has 0 rings (SSSR count). The Labute approximate surface area is 161 Å². The Balaban J connectivity index is -0.0000000112. The predicted octanol–water partition coefficient (Wildman–Crippen LogP) is -7.38. The minimum Gasteiger partial charge on any atom is -0.854 e. The molecular weight excluding hydrogens is 294 g/mol. The number of rotatable bonds is 0. The third-order valence-corrected chi connectivity index (χ3v) is 0. The second-order valence-corrected chi connectivity index (χ2v) is 1.34. The van der Waals surface area contributed by atoms with Crippen molar-refractivity contribution in [2.24, 2.45) is 0 Å². The van der Waals surface area contributed by atoms with Crippen molar-refractivity contribution in [2.45, 2.75) is 0 Å². The van der Waals surface area contributed by atoms with Crippen molar-refractivity contribution in [1.82, 2.24) is 0 Å². The van der Waals surface area contributed by atoms with E-state index >= 15 is 0 Å². The minimum atomic E-state index is -3.37. The molecule has 0 unspecified atom stereocenters. The molecule has 12 heavy (non-hydrogen) atoms. The van der Waals surface area contributed by atoms with Gasteiger partial charge in [0.05, 0.1) is 0 Å². The van der Waals surface area contributed by atoms with E-state index in [1.165, 1.54) is 0 Å². The van der Waals surface area contributed by atoms with E-state index in [4.69, 9.17) is 29.4 Å². The molecule has 0 radical (unpaired) electrons. The average molecular weight is 296 g/mol. The molecule has 0 fully saturated rings. The van der Waals surface area contributed by atoms with Crippen LogP contribution in [-0.4, -0.2) is 119 Å². The molecule has 0 aromatic rings. The Morgan fingerprint density at radius 1 is 0.500 bits per heavy atom. The van der Waals surface area contributed by atoms with Crippen LogP contribution < -0.4 is 29.4 Å². The van der Waals surface area contributed by atoms with Crippen molar-refractivity contribution in [2.75, 3.05) is 0 Å². The van der Waals surface area contributed by atoms with Crippen molar-refractivity contribution < 1.29 is 34.8 Å². The largest absolute Gasteiger partial charge is 2.00 e. The SMILES string of the molecule is O.[Ca+2].[Ca+2].[Ca+2].[O-]P([O-])[O-].[O-]P([O-])[O-]. The molecule has 0 saturated carbocycles. The first kappa shape index (κ1) is 36.0. The summed E-state index contributed by atoms with van der Waals surface area (Å²) in [4.78, 5) is 50.9. The average Bonchev–Trinajstić information content (AvgIpc) is 1.25. The van der Waals surface area contributed by atoms with Crippen LogP contribution in [0.15, 0.2) is 0 Å². The van der Waals surface area contributed by atoms with Gasteiger partial charge in [-0.05, 0) is 0 Å². The van der Waals surface area contributed by atoms with Gasteiger partial charge in [-0.1, -0.05) is 0 Å². The van der Waals surface area contributed by atoms with E-state index in [2.05, 4.69) is 0 Å². The molecule has 0 saturated heterocycles.